The van der Waals surface area contributed by atoms with Crippen LogP contribution in [0.2, 0.25) is 0 Å². The highest BCUT2D eigenvalue weighted by Crippen LogP contribution is 2.26. The van der Waals surface area contributed by atoms with Gasteiger partial charge in [0.25, 0.3) is 0 Å². The minimum atomic E-state index is -0.151. The summed E-state index contributed by atoms with van der Waals surface area (Å²) in [7, 11) is 1.41. The number of ether oxygens (including phenoxy) is 2. The van der Waals surface area contributed by atoms with E-state index in [2.05, 4.69) is 4.74 Å². The maximum absolute atomic E-state index is 11.1. The van der Waals surface area contributed by atoms with E-state index in [0.717, 1.165) is 6.42 Å². The zero-order valence-electron chi connectivity index (χ0n) is 7.16. The summed E-state index contributed by atoms with van der Waals surface area (Å²) in [5, 5.41) is 0. The molecule has 0 saturated carbocycles. The number of rotatable bonds is 1. The minimum Gasteiger partial charge on any atom is -0.469 e. The molecule has 1 aliphatic rings. The van der Waals surface area contributed by atoms with E-state index in [-0.39, 0.29) is 24.1 Å². The van der Waals surface area contributed by atoms with Crippen molar-refractivity contribution in [2.75, 3.05) is 7.11 Å². The number of esters is 1. The monoisotopic (exact) mass is 158 g/mol. The van der Waals surface area contributed by atoms with Crippen molar-refractivity contribution in [3.8, 4) is 0 Å². The van der Waals surface area contributed by atoms with Crippen LogP contribution in [0.1, 0.15) is 20.3 Å². The number of hydrogen-bond donors (Lipinski definition) is 0. The number of carbonyl (C=O) groups excluding carboxylic acids is 1. The van der Waals surface area contributed by atoms with E-state index in [4.69, 9.17) is 4.74 Å². The fourth-order valence-corrected chi connectivity index (χ4v) is 1.51. The Bertz CT molecular complexity index is 155. The second kappa shape index (κ2) is 3.22. The molecule has 0 aliphatic carbocycles. The first-order chi connectivity index (χ1) is 5.15. The Morgan fingerprint density at radius 1 is 1.55 bits per heavy atom. The van der Waals surface area contributed by atoms with Gasteiger partial charge in [-0.05, 0) is 20.3 Å². The number of carbonyl (C=O) groups is 1. The molecule has 11 heavy (non-hydrogen) atoms. The second-order valence-electron chi connectivity index (χ2n) is 3.02. The molecule has 0 aromatic heterocycles. The molecule has 0 aromatic carbocycles. The molecule has 64 valence electrons. The van der Waals surface area contributed by atoms with E-state index < -0.39 is 0 Å². The number of methoxy groups -OCH3 is 1. The summed E-state index contributed by atoms with van der Waals surface area (Å²) in [6, 6.07) is 0. The van der Waals surface area contributed by atoms with Crippen LogP contribution in [0.3, 0.4) is 0 Å². The van der Waals surface area contributed by atoms with Gasteiger partial charge in [-0.1, -0.05) is 0 Å². The van der Waals surface area contributed by atoms with E-state index in [0.29, 0.717) is 0 Å². The third-order valence-corrected chi connectivity index (χ3v) is 2.10. The maximum Gasteiger partial charge on any atom is 0.311 e. The lowest BCUT2D eigenvalue weighted by atomic mass is 10.0. The molecule has 0 bridgehead atoms. The van der Waals surface area contributed by atoms with Crippen LogP contribution in [0.5, 0.6) is 0 Å². The highest BCUT2D eigenvalue weighted by Gasteiger charge is 2.35. The molecule has 0 radical (unpaired) electrons. The molecule has 0 aromatic rings. The van der Waals surface area contributed by atoms with Gasteiger partial charge in [-0.15, -0.1) is 0 Å². The molecule has 1 rings (SSSR count). The van der Waals surface area contributed by atoms with Gasteiger partial charge in [0, 0.05) is 0 Å². The van der Waals surface area contributed by atoms with Gasteiger partial charge in [-0.3, -0.25) is 4.79 Å². The molecular weight excluding hydrogens is 144 g/mol. The Kier molecular flexibility index (Phi) is 2.49. The van der Waals surface area contributed by atoms with Gasteiger partial charge < -0.3 is 9.47 Å². The van der Waals surface area contributed by atoms with Crippen molar-refractivity contribution in [3.63, 3.8) is 0 Å². The Labute approximate surface area is 66.7 Å². The van der Waals surface area contributed by atoms with Crippen molar-refractivity contribution in [2.45, 2.75) is 32.5 Å². The van der Waals surface area contributed by atoms with Crippen molar-refractivity contribution in [1.29, 1.82) is 0 Å². The summed E-state index contributed by atoms with van der Waals surface area (Å²) in [5.41, 5.74) is 0. The van der Waals surface area contributed by atoms with Crippen LogP contribution in [-0.2, 0) is 14.3 Å². The van der Waals surface area contributed by atoms with E-state index >= 15 is 0 Å². The SMILES string of the molecule is COC(=O)[C@H]1C[C@H](C)O[C@H]1C. The van der Waals surface area contributed by atoms with Crippen molar-refractivity contribution in [2.24, 2.45) is 5.92 Å². The average Bonchev–Trinajstić information content (AvgIpc) is 2.28. The van der Waals surface area contributed by atoms with Crippen LogP contribution < -0.4 is 0 Å². The van der Waals surface area contributed by atoms with Crippen LogP contribution in [-0.4, -0.2) is 25.3 Å². The smallest absolute Gasteiger partial charge is 0.311 e. The summed E-state index contributed by atoms with van der Waals surface area (Å²) >= 11 is 0. The van der Waals surface area contributed by atoms with Crippen molar-refractivity contribution in [3.05, 3.63) is 0 Å². The summed E-state index contributed by atoms with van der Waals surface area (Å²) in [6.07, 6.45) is 0.986. The van der Waals surface area contributed by atoms with Crippen molar-refractivity contribution in [1.82, 2.24) is 0 Å². The predicted molar refractivity (Wildman–Crippen MR) is 40.1 cm³/mol. The Balaban J connectivity index is 2.52. The van der Waals surface area contributed by atoms with E-state index in [1.807, 2.05) is 13.8 Å². The van der Waals surface area contributed by atoms with Gasteiger partial charge >= 0.3 is 5.97 Å². The lowest BCUT2D eigenvalue weighted by molar-refractivity contribution is -0.146. The summed E-state index contributed by atoms with van der Waals surface area (Å²) in [5.74, 6) is -0.211. The molecule has 1 fully saturated rings. The Morgan fingerprint density at radius 2 is 2.18 bits per heavy atom. The van der Waals surface area contributed by atoms with Gasteiger partial charge in [-0.25, -0.2) is 0 Å². The molecule has 3 nitrogen and oxygen atoms in total. The third kappa shape index (κ3) is 1.71. The van der Waals surface area contributed by atoms with Gasteiger partial charge in [0.2, 0.25) is 0 Å². The van der Waals surface area contributed by atoms with Gasteiger partial charge in [0.15, 0.2) is 0 Å². The standard InChI is InChI=1S/C8H14O3/c1-5-4-7(6(2)11-5)8(9)10-3/h5-7H,4H2,1-3H3/t5-,6-,7-/m0/s1. The maximum atomic E-state index is 11.1. The molecule has 0 N–H and O–H groups in total. The molecule has 0 unspecified atom stereocenters. The molecule has 1 saturated heterocycles. The number of hydrogen-bond acceptors (Lipinski definition) is 3. The minimum absolute atomic E-state index is 0.0115. The molecule has 3 heteroatoms. The first-order valence-electron chi connectivity index (χ1n) is 3.88. The van der Waals surface area contributed by atoms with Crippen LogP contribution in [0, 0.1) is 5.92 Å². The van der Waals surface area contributed by atoms with Crippen molar-refractivity contribution >= 4 is 5.97 Å². The molecule has 0 spiro atoms. The topological polar surface area (TPSA) is 35.5 Å². The summed E-state index contributed by atoms with van der Waals surface area (Å²) in [6.45, 7) is 3.88. The van der Waals surface area contributed by atoms with Gasteiger partial charge in [0.05, 0.1) is 25.2 Å². The fraction of sp³-hybridized carbons (Fsp3) is 0.875. The van der Waals surface area contributed by atoms with Crippen LogP contribution in [0.15, 0.2) is 0 Å². The molecule has 0 amide bonds. The first-order valence-corrected chi connectivity index (χ1v) is 3.88. The summed E-state index contributed by atoms with van der Waals surface area (Å²) in [4.78, 5) is 11.1. The second-order valence-corrected chi connectivity index (χ2v) is 3.02. The molecule has 1 heterocycles. The normalized spacial score (nSPS) is 37.2. The van der Waals surface area contributed by atoms with Crippen LogP contribution >= 0.6 is 0 Å². The van der Waals surface area contributed by atoms with E-state index in [9.17, 15) is 4.79 Å². The zero-order valence-corrected chi connectivity index (χ0v) is 7.16. The Morgan fingerprint density at radius 3 is 2.55 bits per heavy atom. The highest BCUT2D eigenvalue weighted by molar-refractivity contribution is 5.73. The van der Waals surface area contributed by atoms with E-state index in [1.54, 1.807) is 0 Å². The molecule has 3 atom stereocenters. The van der Waals surface area contributed by atoms with Gasteiger partial charge in [0.1, 0.15) is 0 Å². The largest absolute Gasteiger partial charge is 0.469 e. The van der Waals surface area contributed by atoms with E-state index in [1.165, 1.54) is 7.11 Å². The van der Waals surface area contributed by atoms with Crippen LogP contribution in [0.4, 0.5) is 0 Å². The highest BCUT2D eigenvalue weighted by atomic mass is 16.5. The summed E-state index contributed by atoms with van der Waals surface area (Å²) < 4.78 is 10.0. The predicted octanol–water partition coefficient (Wildman–Crippen LogP) is 0.973. The Hall–Kier alpha value is -0.570. The molecule has 1 aliphatic heterocycles. The first kappa shape index (κ1) is 8.53. The lowest BCUT2D eigenvalue weighted by Gasteiger charge is -2.09. The molecular formula is C8H14O3. The van der Waals surface area contributed by atoms with Crippen LogP contribution in [0.25, 0.3) is 0 Å². The zero-order chi connectivity index (χ0) is 8.43. The quantitative estimate of drug-likeness (QED) is 0.533. The fourth-order valence-electron chi connectivity index (χ4n) is 1.51. The van der Waals surface area contributed by atoms with Crippen molar-refractivity contribution < 1.29 is 14.3 Å². The lowest BCUT2D eigenvalue weighted by Crippen LogP contribution is -2.22. The third-order valence-electron chi connectivity index (χ3n) is 2.10. The average molecular weight is 158 g/mol. The van der Waals surface area contributed by atoms with Gasteiger partial charge in [-0.2, -0.15) is 0 Å².